The fourth-order valence-corrected chi connectivity index (χ4v) is 3.16. The van der Waals surface area contributed by atoms with E-state index in [-0.39, 0.29) is 12.4 Å². The molecule has 156 valence electrons. The first-order valence-corrected chi connectivity index (χ1v) is 10.2. The Kier molecular flexibility index (Phi) is 7.72. The molecule has 0 N–H and O–H groups in total. The average Bonchev–Trinajstić information content (AvgIpc) is 2.78. The van der Waals surface area contributed by atoms with Crippen molar-refractivity contribution in [1.29, 1.82) is 5.26 Å². The van der Waals surface area contributed by atoms with Crippen molar-refractivity contribution in [2.24, 2.45) is 0 Å². The van der Waals surface area contributed by atoms with Crippen LogP contribution in [0.2, 0.25) is 10.0 Å². The lowest BCUT2D eigenvalue weighted by Gasteiger charge is -2.10. The number of hydrogen-bond donors (Lipinski definition) is 0. The second kappa shape index (κ2) is 10.7. The molecule has 0 saturated heterocycles. The van der Waals surface area contributed by atoms with Crippen molar-refractivity contribution in [3.05, 3.63) is 93.5 Å². The molecule has 0 heterocycles. The molecule has 3 aromatic carbocycles. The molecule has 0 saturated carbocycles. The highest BCUT2D eigenvalue weighted by Gasteiger charge is 2.12. The lowest BCUT2D eigenvalue weighted by atomic mass is 10.0. The van der Waals surface area contributed by atoms with Crippen molar-refractivity contribution < 1.29 is 14.3 Å². The Hall–Kier alpha value is -3.26. The summed E-state index contributed by atoms with van der Waals surface area (Å²) in [6, 6.07) is 21.7. The summed E-state index contributed by atoms with van der Waals surface area (Å²) in [6.07, 6.45) is 2.51. The molecule has 6 heteroatoms. The minimum Gasteiger partial charge on any atom is -0.493 e. The molecule has 0 bridgehead atoms. The molecule has 0 atom stereocenters. The van der Waals surface area contributed by atoms with Crippen LogP contribution in [0.1, 0.15) is 23.1 Å². The lowest BCUT2D eigenvalue weighted by molar-refractivity contribution is -0.134. The summed E-state index contributed by atoms with van der Waals surface area (Å²) in [5, 5.41) is 10.8. The number of esters is 1. The van der Waals surface area contributed by atoms with E-state index in [9.17, 15) is 10.1 Å². The third-order valence-corrected chi connectivity index (χ3v) is 5.03. The number of nitriles is 1. The summed E-state index contributed by atoms with van der Waals surface area (Å²) < 4.78 is 10.9. The first-order chi connectivity index (χ1) is 15.0. The van der Waals surface area contributed by atoms with Gasteiger partial charge in [-0.25, -0.2) is 0 Å². The zero-order valence-electron chi connectivity index (χ0n) is 16.8. The number of nitrogens with zero attached hydrogens (tertiary/aromatic N) is 1. The van der Waals surface area contributed by atoms with E-state index < -0.39 is 0 Å². The first kappa shape index (κ1) is 22.4. The molecule has 0 fully saturated rings. The van der Waals surface area contributed by atoms with E-state index >= 15 is 0 Å². The maximum Gasteiger partial charge on any atom is 0.311 e. The Labute approximate surface area is 191 Å². The van der Waals surface area contributed by atoms with Crippen LogP contribution in [0.3, 0.4) is 0 Å². The predicted molar refractivity (Wildman–Crippen MR) is 123 cm³/mol. The van der Waals surface area contributed by atoms with Gasteiger partial charge < -0.3 is 9.47 Å². The topological polar surface area (TPSA) is 59.3 Å². The highest BCUT2D eigenvalue weighted by atomic mass is 35.5. The zero-order chi connectivity index (χ0) is 22.2. The van der Waals surface area contributed by atoms with E-state index in [0.29, 0.717) is 33.5 Å². The van der Waals surface area contributed by atoms with Crippen LogP contribution in [0.4, 0.5) is 0 Å². The molecule has 0 spiro atoms. The van der Waals surface area contributed by atoms with Gasteiger partial charge >= 0.3 is 5.97 Å². The monoisotopic (exact) mass is 451 g/mol. The molecule has 0 aliphatic carbocycles. The van der Waals surface area contributed by atoms with E-state index in [1.54, 1.807) is 60.7 Å². The predicted octanol–water partition coefficient (Wildman–Crippen LogP) is 6.60. The summed E-state index contributed by atoms with van der Waals surface area (Å²) in [4.78, 5) is 12.3. The lowest BCUT2D eigenvalue weighted by Crippen LogP contribution is -2.09. The zero-order valence-corrected chi connectivity index (χ0v) is 18.3. The average molecular weight is 452 g/mol. The van der Waals surface area contributed by atoms with Gasteiger partial charge in [0.15, 0.2) is 11.5 Å². The second-order valence-electron chi connectivity index (χ2n) is 6.69. The Morgan fingerprint density at radius 2 is 1.61 bits per heavy atom. The van der Waals surface area contributed by atoms with Crippen LogP contribution in [-0.4, -0.2) is 13.1 Å². The number of allylic oxidation sites excluding steroid dienone is 1. The van der Waals surface area contributed by atoms with E-state index in [4.69, 9.17) is 32.7 Å². The number of halogens is 2. The van der Waals surface area contributed by atoms with Crippen molar-refractivity contribution in [2.45, 2.75) is 12.8 Å². The smallest absolute Gasteiger partial charge is 0.311 e. The number of methoxy groups -OCH3 is 1. The van der Waals surface area contributed by atoms with Gasteiger partial charge in [-0.05, 0) is 65.6 Å². The van der Waals surface area contributed by atoms with Crippen LogP contribution in [0.25, 0.3) is 11.6 Å². The highest BCUT2D eigenvalue weighted by Crippen LogP contribution is 2.30. The van der Waals surface area contributed by atoms with Gasteiger partial charge in [0.05, 0.1) is 18.8 Å². The van der Waals surface area contributed by atoms with Gasteiger partial charge in [0, 0.05) is 16.5 Å². The van der Waals surface area contributed by atoms with Crippen molar-refractivity contribution in [3.63, 3.8) is 0 Å². The van der Waals surface area contributed by atoms with E-state index in [1.807, 2.05) is 12.1 Å². The fourth-order valence-electron chi connectivity index (χ4n) is 2.91. The van der Waals surface area contributed by atoms with Gasteiger partial charge in [0.2, 0.25) is 0 Å². The van der Waals surface area contributed by atoms with Crippen molar-refractivity contribution in [2.75, 3.05) is 7.11 Å². The van der Waals surface area contributed by atoms with E-state index in [1.165, 1.54) is 7.11 Å². The Balaban J connectivity index is 1.71. The third kappa shape index (κ3) is 6.36. The largest absolute Gasteiger partial charge is 0.493 e. The minimum atomic E-state index is -0.365. The van der Waals surface area contributed by atoms with Crippen LogP contribution in [0.15, 0.2) is 66.7 Å². The first-order valence-electron chi connectivity index (χ1n) is 9.49. The molecule has 0 radical (unpaired) electrons. The molecule has 0 aliphatic rings. The Morgan fingerprint density at radius 3 is 2.23 bits per heavy atom. The van der Waals surface area contributed by atoms with Crippen molar-refractivity contribution >= 4 is 40.8 Å². The maximum atomic E-state index is 12.3. The second-order valence-corrected chi connectivity index (χ2v) is 7.56. The number of rotatable bonds is 7. The molecule has 0 unspecified atom stereocenters. The summed E-state index contributed by atoms with van der Waals surface area (Å²) in [7, 11) is 1.50. The van der Waals surface area contributed by atoms with Crippen LogP contribution in [0.5, 0.6) is 11.5 Å². The summed E-state index contributed by atoms with van der Waals surface area (Å²) in [5.74, 6) is 0.364. The Bertz CT molecular complexity index is 1130. The maximum absolute atomic E-state index is 12.3. The van der Waals surface area contributed by atoms with Gasteiger partial charge in [-0.3, -0.25) is 4.79 Å². The fraction of sp³-hybridized carbons (Fsp3) is 0.120. The van der Waals surface area contributed by atoms with Gasteiger partial charge in [-0.2, -0.15) is 5.26 Å². The number of hydrogen-bond acceptors (Lipinski definition) is 4. The van der Waals surface area contributed by atoms with Crippen molar-refractivity contribution in [1.82, 2.24) is 0 Å². The number of carbonyl (C=O) groups excluding carboxylic acids is 1. The normalized spacial score (nSPS) is 11.0. The van der Waals surface area contributed by atoms with E-state index in [2.05, 4.69) is 6.07 Å². The third-order valence-electron chi connectivity index (χ3n) is 4.53. The van der Waals surface area contributed by atoms with E-state index in [0.717, 1.165) is 16.7 Å². The summed E-state index contributed by atoms with van der Waals surface area (Å²) in [5.41, 5.74) is 2.97. The van der Waals surface area contributed by atoms with Crippen LogP contribution < -0.4 is 9.47 Å². The molecular weight excluding hydrogens is 433 g/mol. The van der Waals surface area contributed by atoms with Crippen LogP contribution >= 0.6 is 23.2 Å². The molecule has 0 amide bonds. The number of aryl methyl sites for hydroxylation is 1. The number of benzene rings is 3. The highest BCUT2D eigenvalue weighted by molar-refractivity contribution is 6.30. The molecule has 3 rings (SSSR count). The number of carbonyl (C=O) groups is 1. The molecule has 0 aromatic heterocycles. The minimum absolute atomic E-state index is 0.224. The number of ether oxygens (including phenoxy) is 2. The molecular formula is C25H19Cl2NO3. The molecule has 0 aliphatic heterocycles. The quantitative estimate of drug-likeness (QED) is 0.175. The summed E-state index contributed by atoms with van der Waals surface area (Å²) >= 11 is 11.8. The van der Waals surface area contributed by atoms with Crippen LogP contribution in [0, 0.1) is 11.3 Å². The Morgan fingerprint density at radius 1 is 0.968 bits per heavy atom. The SMILES string of the molecule is COc1cc(/C=C(\C#N)c2ccc(Cl)cc2)ccc1OC(=O)CCc1ccc(Cl)cc1. The van der Waals surface area contributed by atoms with Gasteiger partial charge in [-0.1, -0.05) is 53.5 Å². The van der Waals surface area contributed by atoms with Crippen LogP contribution in [-0.2, 0) is 11.2 Å². The molecule has 31 heavy (non-hydrogen) atoms. The van der Waals surface area contributed by atoms with Gasteiger partial charge in [-0.15, -0.1) is 0 Å². The van der Waals surface area contributed by atoms with Gasteiger partial charge in [0.1, 0.15) is 0 Å². The van der Waals surface area contributed by atoms with Gasteiger partial charge in [0.25, 0.3) is 0 Å². The molecule has 3 aromatic rings. The standard InChI is InChI=1S/C25H19Cl2NO3/c1-30-24-15-18(14-20(16-28)19-6-10-22(27)11-7-19)4-12-23(24)31-25(29)13-5-17-2-8-21(26)9-3-17/h2-4,6-12,14-15H,5,13H2,1H3/b20-14+. The van der Waals surface area contributed by atoms with Crippen molar-refractivity contribution in [3.8, 4) is 17.6 Å². The molecule has 4 nitrogen and oxygen atoms in total. The summed E-state index contributed by atoms with van der Waals surface area (Å²) in [6.45, 7) is 0.